The molecular formula is C26H45N3O11. The van der Waals surface area contributed by atoms with Crippen LogP contribution in [0.5, 0.6) is 0 Å². The van der Waals surface area contributed by atoms with Crippen LogP contribution >= 0.6 is 0 Å². The van der Waals surface area contributed by atoms with E-state index in [1.165, 1.54) is 31.4 Å². The van der Waals surface area contributed by atoms with Gasteiger partial charge >= 0.3 is 0 Å². The van der Waals surface area contributed by atoms with Gasteiger partial charge in [-0.1, -0.05) is 26.2 Å². The van der Waals surface area contributed by atoms with Crippen molar-refractivity contribution in [3.8, 4) is 0 Å². The first kappa shape index (κ1) is 35.6. The van der Waals surface area contributed by atoms with Gasteiger partial charge in [0.15, 0.2) is 0 Å². The zero-order chi connectivity index (χ0) is 29.1. The topological polar surface area (TPSA) is 163 Å². The lowest BCUT2D eigenvalue weighted by Crippen LogP contribution is -2.15. The van der Waals surface area contributed by atoms with Crippen LogP contribution < -0.4 is 5.32 Å². The lowest BCUT2D eigenvalue weighted by Gasteiger charge is -2.09. The van der Waals surface area contributed by atoms with Gasteiger partial charge in [0, 0.05) is 19.2 Å². The van der Waals surface area contributed by atoms with E-state index in [9.17, 15) is 20.2 Å². The third-order valence-corrected chi connectivity index (χ3v) is 5.32. The summed E-state index contributed by atoms with van der Waals surface area (Å²) in [6.45, 7) is 9.36. The van der Waals surface area contributed by atoms with Gasteiger partial charge in [-0.3, -0.25) is 20.2 Å². The highest BCUT2D eigenvalue weighted by molar-refractivity contribution is 5.65. The van der Waals surface area contributed by atoms with E-state index in [1.54, 1.807) is 0 Å². The number of hydrogen-bond donors (Lipinski definition) is 1. The van der Waals surface area contributed by atoms with Crippen molar-refractivity contribution in [1.82, 2.24) is 0 Å². The van der Waals surface area contributed by atoms with Crippen LogP contribution in [0, 0.1) is 20.2 Å². The van der Waals surface area contributed by atoms with Gasteiger partial charge in [0.05, 0.1) is 102 Å². The second kappa shape index (κ2) is 25.5. The number of nitrogens with one attached hydrogen (secondary N) is 1. The van der Waals surface area contributed by atoms with Crippen LogP contribution in [0.2, 0.25) is 0 Å². The molecular weight excluding hydrogens is 530 g/mol. The quantitative estimate of drug-likeness (QED) is 0.0840. The number of ether oxygens (including phenoxy) is 7. The second-order valence-electron chi connectivity index (χ2n) is 8.49. The Hall–Kier alpha value is -2.46. The lowest BCUT2D eigenvalue weighted by molar-refractivity contribution is -0.393. The van der Waals surface area contributed by atoms with Crippen LogP contribution in [0.25, 0.3) is 0 Å². The maximum atomic E-state index is 11.1. The largest absolute Gasteiger partial charge is 0.379 e. The number of hydrogen-bond acceptors (Lipinski definition) is 12. The molecule has 0 spiro atoms. The molecule has 0 bridgehead atoms. The Labute approximate surface area is 235 Å². The van der Waals surface area contributed by atoms with E-state index in [0.29, 0.717) is 85.8 Å². The van der Waals surface area contributed by atoms with E-state index in [4.69, 9.17) is 33.2 Å². The van der Waals surface area contributed by atoms with Crippen LogP contribution in [0.1, 0.15) is 32.6 Å². The third-order valence-electron chi connectivity index (χ3n) is 5.32. The molecule has 0 aromatic heterocycles. The fourth-order valence-corrected chi connectivity index (χ4v) is 3.24. The summed E-state index contributed by atoms with van der Waals surface area (Å²) in [4.78, 5) is 20.5. The molecule has 230 valence electrons. The average molecular weight is 576 g/mol. The molecule has 1 aromatic carbocycles. The molecule has 1 rings (SSSR count). The summed E-state index contributed by atoms with van der Waals surface area (Å²) in [5.41, 5.74) is -0.504. The molecule has 1 aromatic rings. The summed E-state index contributed by atoms with van der Waals surface area (Å²) in [6.07, 6.45) is 4.83. The Kier molecular flexibility index (Phi) is 22.7. The molecule has 0 saturated carbocycles. The zero-order valence-corrected chi connectivity index (χ0v) is 23.6. The first-order chi connectivity index (χ1) is 19.6. The molecule has 14 nitrogen and oxygen atoms in total. The number of rotatable bonds is 29. The number of nitro groups is 2. The van der Waals surface area contributed by atoms with Crippen LogP contribution in [-0.4, -0.2) is 109 Å². The Morgan fingerprint density at radius 3 is 1.48 bits per heavy atom. The highest BCUT2D eigenvalue weighted by Crippen LogP contribution is 2.28. The summed E-state index contributed by atoms with van der Waals surface area (Å²) in [7, 11) is 0. The SMILES string of the molecule is CCCCCCOCCOCCOCCOCCOCCOCCOCCNc1ccc([N+](=O)[O-])cc1[N+](=O)[O-]. The molecule has 0 atom stereocenters. The number of anilines is 1. The Balaban J connectivity index is 1.80. The van der Waals surface area contributed by atoms with Gasteiger partial charge in [0.2, 0.25) is 0 Å². The van der Waals surface area contributed by atoms with Crippen molar-refractivity contribution in [3.63, 3.8) is 0 Å². The van der Waals surface area contributed by atoms with Crippen LogP contribution in [0.4, 0.5) is 17.1 Å². The van der Waals surface area contributed by atoms with Crippen molar-refractivity contribution >= 4 is 17.1 Å². The molecule has 0 aliphatic heterocycles. The van der Waals surface area contributed by atoms with Gasteiger partial charge in [0.1, 0.15) is 5.69 Å². The Bertz CT molecular complexity index is 786. The smallest absolute Gasteiger partial charge is 0.299 e. The highest BCUT2D eigenvalue weighted by atomic mass is 16.6. The average Bonchev–Trinajstić information content (AvgIpc) is 2.94. The summed E-state index contributed by atoms with van der Waals surface area (Å²) in [5, 5.41) is 24.7. The van der Waals surface area contributed by atoms with Gasteiger partial charge in [0.25, 0.3) is 11.4 Å². The van der Waals surface area contributed by atoms with E-state index >= 15 is 0 Å². The summed E-state index contributed by atoms with van der Waals surface area (Å²) >= 11 is 0. The van der Waals surface area contributed by atoms with E-state index < -0.39 is 9.85 Å². The van der Waals surface area contributed by atoms with Gasteiger partial charge < -0.3 is 38.5 Å². The molecule has 0 radical (unpaired) electrons. The molecule has 1 N–H and O–H groups in total. The van der Waals surface area contributed by atoms with E-state index in [1.807, 2.05) is 0 Å². The van der Waals surface area contributed by atoms with Gasteiger partial charge in [-0.05, 0) is 12.5 Å². The summed E-state index contributed by atoms with van der Waals surface area (Å²) in [5.74, 6) is 0. The van der Waals surface area contributed by atoms with E-state index in [0.717, 1.165) is 19.1 Å². The third kappa shape index (κ3) is 19.6. The minimum absolute atomic E-state index is 0.193. The van der Waals surface area contributed by atoms with E-state index in [-0.39, 0.29) is 23.7 Å². The fourth-order valence-electron chi connectivity index (χ4n) is 3.24. The number of non-ortho nitro benzene ring substituents is 1. The Morgan fingerprint density at radius 2 is 1.05 bits per heavy atom. The number of benzene rings is 1. The second-order valence-corrected chi connectivity index (χ2v) is 8.49. The monoisotopic (exact) mass is 575 g/mol. The van der Waals surface area contributed by atoms with Crippen molar-refractivity contribution in [2.24, 2.45) is 0 Å². The van der Waals surface area contributed by atoms with Gasteiger partial charge in [-0.2, -0.15) is 0 Å². The molecule has 14 heteroatoms. The predicted octanol–water partition coefficient (Wildman–Crippen LogP) is 3.61. The van der Waals surface area contributed by atoms with Gasteiger partial charge in [-0.25, -0.2) is 0 Å². The van der Waals surface area contributed by atoms with Crippen molar-refractivity contribution in [2.75, 3.05) is 104 Å². The highest BCUT2D eigenvalue weighted by Gasteiger charge is 2.18. The molecule has 0 saturated heterocycles. The van der Waals surface area contributed by atoms with Crippen LogP contribution in [0.3, 0.4) is 0 Å². The lowest BCUT2D eigenvalue weighted by atomic mass is 10.2. The maximum absolute atomic E-state index is 11.1. The molecule has 40 heavy (non-hydrogen) atoms. The maximum Gasteiger partial charge on any atom is 0.299 e. The van der Waals surface area contributed by atoms with Crippen molar-refractivity contribution in [2.45, 2.75) is 32.6 Å². The van der Waals surface area contributed by atoms with E-state index in [2.05, 4.69) is 12.2 Å². The molecule has 0 heterocycles. The minimum Gasteiger partial charge on any atom is -0.379 e. The summed E-state index contributed by atoms with van der Waals surface area (Å²) in [6, 6.07) is 3.44. The fraction of sp³-hybridized carbons (Fsp3) is 0.769. The van der Waals surface area contributed by atoms with Crippen molar-refractivity contribution in [1.29, 1.82) is 0 Å². The first-order valence-electron chi connectivity index (χ1n) is 13.8. The Morgan fingerprint density at radius 1 is 0.600 bits per heavy atom. The van der Waals surface area contributed by atoms with Crippen molar-refractivity contribution < 1.29 is 43.0 Å². The predicted molar refractivity (Wildman–Crippen MR) is 148 cm³/mol. The number of nitro benzene ring substituents is 2. The van der Waals surface area contributed by atoms with Gasteiger partial charge in [-0.15, -0.1) is 0 Å². The first-order valence-corrected chi connectivity index (χ1v) is 13.8. The number of nitrogens with zero attached hydrogens (tertiary/aromatic N) is 2. The van der Waals surface area contributed by atoms with Crippen molar-refractivity contribution in [3.05, 3.63) is 38.4 Å². The summed E-state index contributed by atoms with van der Waals surface area (Å²) < 4.78 is 38.1. The zero-order valence-electron chi connectivity index (χ0n) is 23.6. The normalized spacial score (nSPS) is 11.1. The number of unbranched alkanes of at least 4 members (excludes halogenated alkanes) is 3. The molecule has 0 unspecified atom stereocenters. The molecule has 0 fully saturated rings. The van der Waals surface area contributed by atoms with Crippen LogP contribution in [0.15, 0.2) is 18.2 Å². The molecule has 0 amide bonds. The standard InChI is InChI=1S/C26H45N3O11/c1-2-3-4-5-9-34-11-13-36-15-17-38-19-21-40-22-20-39-18-16-37-14-12-35-10-8-27-25-7-6-24(28(30)31)23-26(25)29(32)33/h6-7,23,27H,2-5,8-22H2,1H3. The van der Waals surface area contributed by atoms with Crippen LogP contribution in [-0.2, 0) is 33.2 Å². The molecule has 0 aliphatic rings. The minimum atomic E-state index is -0.677. The molecule has 0 aliphatic carbocycles.